The number of rotatable bonds is 7. The minimum absolute atomic E-state index is 0.0195. The third-order valence-electron chi connectivity index (χ3n) is 8.27. The van der Waals surface area contributed by atoms with Crippen LogP contribution in [0.5, 0.6) is 5.75 Å². The molecule has 3 aliphatic rings. The van der Waals surface area contributed by atoms with Crippen molar-refractivity contribution in [1.82, 2.24) is 14.9 Å². The number of hydrogen-bond acceptors (Lipinski definition) is 5. The number of nitrogens with zero attached hydrogens (tertiary/aromatic N) is 4. The van der Waals surface area contributed by atoms with Gasteiger partial charge < -0.3 is 14.5 Å². The van der Waals surface area contributed by atoms with Gasteiger partial charge in [-0.3, -0.25) is 0 Å². The van der Waals surface area contributed by atoms with E-state index in [1.54, 1.807) is 12.1 Å². The number of halogens is 3. The summed E-state index contributed by atoms with van der Waals surface area (Å²) in [5, 5.41) is 0. The Hall–Kier alpha value is -3.13. The molecule has 1 saturated heterocycles. The first-order chi connectivity index (χ1) is 18.9. The molecule has 1 aliphatic carbocycles. The molecule has 8 heteroatoms. The van der Waals surface area contributed by atoms with Crippen LogP contribution in [-0.2, 0) is 6.42 Å². The number of anilines is 1. The molecule has 1 aromatic heterocycles. The lowest BCUT2D eigenvalue weighted by Crippen LogP contribution is -2.38. The summed E-state index contributed by atoms with van der Waals surface area (Å²) in [5.74, 6) is 0.239. The average Bonchev–Trinajstić information content (AvgIpc) is 3.74. The van der Waals surface area contributed by atoms with Crippen LogP contribution in [0.25, 0.3) is 11.3 Å². The Morgan fingerprint density at radius 1 is 0.949 bits per heavy atom. The van der Waals surface area contributed by atoms with E-state index in [0.29, 0.717) is 30.2 Å². The van der Waals surface area contributed by atoms with Crippen LogP contribution in [0.4, 0.5) is 18.9 Å². The Labute approximate surface area is 228 Å². The number of ether oxygens (including phenoxy) is 1. The van der Waals surface area contributed by atoms with Crippen molar-refractivity contribution < 1.29 is 17.9 Å². The largest absolute Gasteiger partial charge is 0.486 e. The number of benzene rings is 2. The van der Waals surface area contributed by atoms with Crippen molar-refractivity contribution in [3.05, 3.63) is 70.9 Å². The highest BCUT2D eigenvalue weighted by atomic mass is 19.1. The monoisotopic (exact) mass is 536 g/mol. The lowest BCUT2D eigenvalue weighted by Gasteiger charge is -2.34. The normalized spacial score (nSPS) is 18.4. The van der Waals surface area contributed by atoms with Gasteiger partial charge in [-0.2, -0.15) is 0 Å². The van der Waals surface area contributed by atoms with E-state index in [0.717, 1.165) is 49.2 Å². The Balaban J connectivity index is 1.20. The molecule has 3 heterocycles. The van der Waals surface area contributed by atoms with Crippen LogP contribution in [0, 0.1) is 23.4 Å². The quantitative estimate of drug-likeness (QED) is 0.352. The summed E-state index contributed by atoms with van der Waals surface area (Å²) in [6.45, 7) is 8.29. The van der Waals surface area contributed by atoms with Gasteiger partial charge in [-0.05, 0) is 93.8 Å². The van der Waals surface area contributed by atoms with Crippen molar-refractivity contribution in [3.63, 3.8) is 0 Å². The first-order valence-corrected chi connectivity index (χ1v) is 14.1. The molecule has 39 heavy (non-hydrogen) atoms. The molecule has 3 aromatic rings. The highest BCUT2D eigenvalue weighted by molar-refractivity contribution is 5.72. The van der Waals surface area contributed by atoms with Gasteiger partial charge in [-0.25, -0.2) is 23.1 Å². The van der Waals surface area contributed by atoms with Crippen LogP contribution in [0.1, 0.15) is 62.4 Å². The topological polar surface area (TPSA) is 41.5 Å². The van der Waals surface area contributed by atoms with Crippen LogP contribution in [-0.4, -0.2) is 53.7 Å². The first kappa shape index (κ1) is 26.1. The predicted octanol–water partition coefficient (Wildman–Crippen LogP) is 6.35. The van der Waals surface area contributed by atoms with Crippen molar-refractivity contribution in [2.24, 2.45) is 5.92 Å². The zero-order valence-electron chi connectivity index (χ0n) is 22.6. The van der Waals surface area contributed by atoms with Gasteiger partial charge in [0, 0.05) is 24.6 Å². The Morgan fingerprint density at radius 3 is 2.46 bits per heavy atom. The molecular formula is C31H35F3N4O. The number of fused-ring (bicyclic) bond motifs is 1. The summed E-state index contributed by atoms with van der Waals surface area (Å²) in [6.07, 6.45) is 6.01. The molecule has 0 amide bonds. The molecule has 0 spiro atoms. The molecule has 0 N–H and O–H groups in total. The lowest BCUT2D eigenvalue weighted by molar-refractivity contribution is 0.203. The third-order valence-corrected chi connectivity index (χ3v) is 8.27. The summed E-state index contributed by atoms with van der Waals surface area (Å²) in [4.78, 5) is 13.1. The SMILES string of the molecule is CC(C)N1CCOc2c(F)cc(-c3nc(Cc4ccc(C5CCN(CC6CC6)CC5)c(F)c4)ncc3F)cc21. The van der Waals surface area contributed by atoms with Gasteiger partial charge in [0.2, 0.25) is 0 Å². The molecular weight excluding hydrogens is 501 g/mol. The van der Waals surface area contributed by atoms with Crippen LogP contribution in [0.2, 0.25) is 0 Å². The van der Waals surface area contributed by atoms with E-state index >= 15 is 4.39 Å². The maximum atomic E-state index is 15.2. The van der Waals surface area contributed by atoms with Gasteiger partial charge in [-0.15, -0.1) is 0 Å². The molecule has 0 atom stereocenters. The number of hydrogen-bond donors (Lipinski definition) is 0. The summed E-state index contributed by atoms with van der Waals surface area (Å²) in [7, 11) is 0. The summed E-state index contributed by atoms with van der Waals surface area (Å²) in [6, 6.07) is 8.45. The van der Waals surface area contributed by atoms with Gasteiger partial charge in [0.05, 0.1) is 18.4 Å². The second kappa shape index (κ2) is 10.8. The van der Waals surface area contributed by atoms with Crippen LogP contribution in [0.15, 0.2) is 36.5 Å². The van der Waals surface area contributed by atoms with Crippen LogP contribution < -0.4 is 9.64 Å². The molecule has 6 rings (SSSR count). The molecule has 2 aromatic carbocycles. The highest BCUT2D eigenvalue weighted by Crippen LogP contribution is 2.39. The number of piperidine rings is 1. The smallest absolute Gasteiger partial charge is 0.178 e. The van der Waals surface area contributed by atoms with E-state index < -0.39 is 11.6 Å². The maximum absolute atomic E-state index is 15.2. The fourth-order valence-corrected chi connectivity index (χ4v) is 5.95. The van der Waals surface area contributed by atoms with E-state index in [4.69, 9.17) is 4.74 Å². The van der Waals surface area contributed by atoms with Crippen molar-refractivity contribution in [3.8, 4) is 17.0 Å². The average molecular weight is 537 g/mol. The fourth-order valence-electron chi connectivity index (χ4n) is 5.95. The molecule has 5 nitrogen and oxygen atoms in total. The van der Waals surface area contributed by atoms with Crippen molar-refractivity contribution in [1.29, 1.82) is 0 Å². The van der Waals surface area contributed by atoms with Crippen LogP contribution >= 0.6 is 0 Å². The van der Waals surface area contributed by atoms with Crippen molar-refractivity contribution in [2.75, 3.05) is 37.7 Å². The summed E-state index contributed by atoms with van der Waals surface area (Å²) in [5.41, 5.74) is 2.41. The third kappa shape index (κ3) is 5.62. The molecule has 2 fully saturated rings. The lowest BCUT2D eigenvalue weighted by atomic mass is 9.88. The first-order valence-electron chi connectivity index (χ1n) is 14.1. The summed E-state index contributed by atoms with van der Waals surface area (Å²) >= 11 is 0. The second-order valence-electron chi connectivity index (χ2n) is 11.5. The summed E-state index contributed by atoms with van der Waals surface area (Å²) < 4.78 is 50.6. The van der Waals surface area contributed by atoms with E-state index in [2.05, 4.69) is 14.9 Å². The minimum atomic E-state index is -0.638. The van der Waals surface area contributed by atoms with Gasteiger partial charge in [-0.1, -0.05) is 12.1 Å². The molecule has 0 radical (unpaired) electrons. The van der Waals surface area contributed by atoms with Gasteiger partial charge in [0.25, 0.3) is 0 Å². The highest BCUT2D eigenvalue weighted by Gasteiger charge is 2.29. The van der Waals surface area contributed by atoms with E-state index in [1.807, 2.05) is 30.9 Å². The Kier molecular flexibility index (Phi) is 7.23. The van der Waals surface area contributed by atoms with Gasteiger partial charge in [0.1, 0.15) is 23.9 Å². The zero-order chi connectivity index (χ0) is 27.1. The fraction of sp³-hybridized carbons (Fsp3) is 0.484. The van der Waals surface area contributed by atoms with Crippen molar-refractivity contribution in [2.45, 2.75) is 57.9 Å². The predicted molar refractivity (Wildman–Crippen MR) is 146 cm³/mol. The zero-order valence-corrected chi connectivity index (χ0v) is 22.6. The molecule has 0 unspecified atom stereocenters. The Bertz CT molecular complexity index is 1350. The van der Waals surface area contributed by atoms with E-state index in [1.165, 1.54) is 25.5 Å². The Morgan fingerprint density at radius 2 is 1.74 bits per heavy atom. The maximum Gasteiger partial charge on any atom is 0.178 e. The standard InChI is InChI=1S/C31H35F3N4O/c1-19(2)38-11-12-39-31-26(33)15-23(16-28(31)38)30-27(34)17-35-29(36-30)14-21-5-6-24(25(32)13-21)22-7-9-37(10-8-22)18-20-3-4-20/h5-6,13,15-17,19-20,22H,3-4,7-12,14,18H2,1-2H3. The number of aromatic nitrogens is 2. The number of likely N-dealkylation sites (tertiary alicyclic amines) is 1. The van der Waals surface area contributed by atoms with Gasteiger partial charge in [0.15, 0.2) is 17.4 Å². The van der Waals surface area contributed by atoms with Crippen molar-refractivity contribution >= 4 is 5.69 Å². The van der Waals surface area contributed by atoms with E-state index in [-0.39, 0.29) is 35.6 Å². The molecule has 0 bridgehead atoms. The second-order valence-corrected chi connectivity index (χ2v) is 11.5. The molecule has 1 saturated carbocycles. The van der Waals surface area contributed by atoms with Gasteiger partial charge >= 0.3 is 0 Å². The van der Waals surface area contributed by atoms with E-state index in [9.17, 15) is 8.78 Å². The minimum Gasteiger partial charge on any atom is -0.486 e. The van der Waals surface area contributed by atoms with Crippen LogP contribution in [0.3, 0.4) is 0 Å². The molecule has 2 aliphatic heterocycles. The molecule has 206 valence electrons.